The highest BCUT2D eigenvalue weighted by atomic mass is 19.4. The Kier molecular flexibility index (Phi) is 6.37. The number of hydrogen-bond donors (Lipinski definition) is 2. The highest BCUT2D eigenvalue weighted by molar-refractivity contribution is 5.95. The third kappa shape index (κ3) is 5.43. The van der Waals surface area contributed by atoms with Crippen molar-refractivity contribution in [1.82, 2.24) is 20.2 Å². The number of esters is 1. The van der Waals surface area contributed by atoms with Crippen LogP contribution in [0.5, 0.6) is 0 Å². The van der Waals surface area contributed by atoms with Crippen molar-refractivity contribution in [1.29, 1.82) is 0 Å². The van der Waals surface area contributed by atoms with E-state index >= 15 is 0 Å². The molecule has 0 aliphatic rings. The smallest absolute Gasteiger partial charge is 0.449 e. The lowest BCUT2D eigenvalue weighted by atomic mass is 10.3. The number of benzene rings is 1. The topological polar surface area (TPSA) is 102 Å². The Labute approximate surface area is 151 Å². The molecule has 8 nitrogen and oxygen atoms in total. The molecule has 0 aliphatic heterocycles. The molecule has 1 aromatic carbocycles. The van der Waals surface area contributed by atoms with Crippen LogP contribution in [0.4, 0.5) is 18.0 Å². The van der Waals surface area contributed by atoms with Gasteiger partial charge in [-0.2, -0.15) is 13.2 Å². The quantitative estimate of drug-likeness (QED) is 0.738. The second-order valence-corrected chi connectivity index (χ2v) is 5.47. The van der Waals surface area contributed by atoms with Gasteiger partial charge in [0.2, 0.25) is 5.82 Å². The number of carbonyl (C=O) groups is 3. The number of nitrogens with one attached hydrogen (secondary N) is 2. The van der Waals surface area contributed by atoms with Crippen molar-refractivity contribution in [3.05, 3.63) is 30.1 Å². The van der Waals surface area contributed by atoms with Crippen LogP contribution in [-0.2, 0) is 27.0 Å². The summed E-state index contributed by atoms with van der Waals surface area (Å²) >= 11 is 0. The molecule has 2 N–H and O–H groups in total. The molecule has 0 saturated carbocycles. The van der Waals surface area contributed by atoms with E-state index in [1.54, 1.807) is 0 Å². The number of hydrogen-bond acceptors (Lipinski definition) is 5. The molecule has 0 radical (unpaired) electrons. The van der Waals surface area contributed by atoms with Crippen LogP contribution in [0.1, 0.15) is 19.2 Å². The molecule has 1 aromatic heterocycles. The minimum atomic E-state index is -4.77. The van der Waals surface area contributed by atoms with Gasteiger partial charge in [-0.05, 0) is 18.6 Å². The lowest BCUT2D eigenvalue weighted by Crippen LogP contribution is -2.41. The molecule has 0 aliphatic carbocycles. The Morgan fingerprint density at radius 1 is 1.22 bits per heavy atom. The van der Waals surface area contributed by atoms with E-state index < -0.39 is 43.1 Å². The van der Waals surface area contributed by atoms with E-state index in [1.165, 1.54) is 24.3 Å². The monoisotopic (exact) mass is 386 g/mol. The van der Waals surface area contributed by atoms with Gasteiger partial charge in [0.25, 0.3) is 5.91 Å². The molecule has 0 fully saturated rings. The molecule has 1 heterocycles. The molecular formula is C16H17F3N4O4. The van der Waals surface area contributed by atoms with Crippen molar-refractivity contribution in [3.8, 4) is 0 Å². The largest absolute Gasteiger partial charge is 0.454 e. The maximum absolute atomic E-state index is 13.2. The summed E-state index contributed by atoms with van der Waals surface area (Å²) in [5, 5.41) is 4.31. The zero-order valence-corrected chi connectivity index (χ0v) is 14.3. The number of nitrogens with zero attached hydrogens (tertiary/aromatic N) is 2. The van der Waals surface area contributed by atoms with Crippen LogP contribution in [0.25, 0.3) is 11.0 Å². The Hall–Kier alpha value is -3.11. The van der Waals surface area contributed by atoms with Crippen LogP contribution in [-0.4, -0.2) is 40.6 Å². The number of fused-ring (bicyclic) bond motifs is 1. The first kappa shape index (κ1) is 20.2. The molecule has 2 aromatic rings. The van der Waals surface area contributed by atoms with Gasteiger partial charge in [0.15, 0.2) is 6.61 Å². The van der Waals surface area contributed by atoms with Crippen LogP contribution in [0.3, 0.4) is 0 Å². The van der Waals surface area contributed by atoms with Crippen molar-refractivity contribution in [2.24, 2.45) is 0 Å². The number of halogens is 3. The number of urea groups is 1. The molecular weight excluding hydrogens is 369 g/mol. The maximum atomic E-state index is 13.2. The zero-order chi connectivity index (χ0) is 20.0. The minimum absolute atomic E-state index is 0.0722. The van der Waals surface area contributed by atoms with E-state index in [-0.39, 0.29) is 11.0 Å². The van der Waals surface area contributed by atoms with Crippen LogP contribution in [0.2, 0.25) is 0 Å². The van der Waals surface area contributed by atoms with E-state index in [9.17, 15) is 27.6 Å². The van der Waals surface area contributed by atoms with Crippen LogP contribution in [0.15, 0.2) is 24.3 Å². The fourth-order valence-electron chi connectivity index (χ4n) is 2.22. The summed E-state index contributed by atoms with van der Waals surface area (Å²) in [6.45, 7) is 0.586. The Morgan fingerprint density at radius 2 is 1.93 bits per heavy atom. The van der Waals surface area contributed by atoms with Crippen molar-refractivity contribution >= 4 is 28.9 Å². The predicted octanol–water partition coefficient (Wildman–Crippen LogP) is 1.83. The van der Waals surface area contributed by atoms with Crippen molar-refractivity contribution < 1.29 is 32.3 Å². The number of ether oxygens (including phenoxy) is 1. The van der Waals surface area contributed by atoms with E-state index in [1.807, 2.05) is 12.2 Å². The highest BCUT2D eigenvalue weighted by Gasteiger charge is 2.38. The van der Waals surface area contributed by atoms with Crippen LogP contribution >= 0.6 is 0 Å². The fraction of sp³-hybridized carbons (Fsp3) is 0.375. The molecule has 0 saturated heterocycles. The third-order valence-electron chi connectivity index (χ3n) is 3.35. The summed E-state index contributed by atoms with van der Waals surface area (Å²) in [6, 6.07) is 5.04. The molecule has 27 heavy (non-hydrogen) atoms. The first-order valence-electron chi connectivity index (χ1n) is 7.98. The van der Waals surface area contributed by atoms with E-state index in [0.29, 0.717) is 17.5 Å². The summed E-state index contributed by atoms with van der Waals surface area (Å²) in [4.78, 5) is 38.2. The van der Waals surface area contributed by atoms with Gasteiger partial charge in [0.1, 0.15) is 6.54 Å². The SMILES string of the molecule is CCCNC(=O)NC(=O)COC(=O)Cn1c(C(F)(F)F)nc2ccccc21. The minimum Gasteiger partial charge on any atom is -0.454 e. The first-order chi connectivity index (χ1) is 12.7. The summed E-state index contributed by atoms with van der Waals surface area (Å²) < 4.78 is 44.8. The third-order valence-corrected chi connectivity index (χ3v) is 3.35. The predicted molar refractivity (Wildman–Crippen MR) is 87.5 cm³/mol. The van der Waals surface area contributed by atoms with E-state index in [0.717, 1.165) is 0 Å². The summed E-state index contributed by atoms with van der Waals surface area (Å²) in [5.74, 6) is -3.22. The lowest BCUT2D eigenvalue weighted by molar-refractivity contribution is -0.153. The fourth-order valence-corrected chi connectivity index (χ4v) is 2.22. The Morgan fingerprint density at radius 3 is 2.59 bits per heavy atom. The maximum Gasteiger partial charge on any atom is 0.449 e. The molecule has 0 spiro atoms. The van der Waals surface area contributed by atoms with Gasteiger partial charge in [-0.1, -0.05) is 19.1 Å². The van der Waals surface area contributed by atoms with Crippen molar-refractivity contribution in [2.75, 3.05) is 13.2 Å². The number of para-hydroxylation sites is 2. The van der Waals surface area contributed by atoms with Gasteiger partial charge >= 0.3 is 18.2 Å². The second-order valence-electron chi connectivity index (χ2n) is 5.47. The molecule has 0 atom stereocenters. The van der Waals surface area contributed by atoms with Gasteiger partial charge in [-0.25, -0.2) is 9.78 Å². The van der Waals surface area contributed by atoms with Crippen molar-refractivity contribution in [2.45, 2.75) is 26.1 Å². The molecule has 0 unspecified atom stereocenters. The molecule has 146 valence electrons. The lowest BCUT2D eigenvalue weighted by Gasteiger charge is -2.11. The van der Waals surface area contributed by atoms with Gasteiger partial charge in [0, 0.05) is 6.54 Å². The summed E-state index contributed by atoms with van der Waals surface area (Å²) in [7, 11) is 0. The normalized spacial score (nSPS) is 11.3. The van der Waals surface area contributed by atoms with E-state index in [4.69, 9.17) is 0 Å². The molecule has 2 rings (SSSR count). The van der Waals surface area contributed by atoms with Crippen LogP contribution < -0.4 is 10.6 Å². The first-order valence-corrected chi connectivity index (χ1v) is 7.98. The molecule has 3 amide bonds. The average molecular weight is 386 g/mol. The number of imide groups is 1. The molecule has 0 bridgehead atoms. The zero-order valence-electron chi connectivity index (χ0n) is 14.3. The van der Waals surface area contributed by atoms with Gasteiger partial charge in [-0.15, -0.1) is 0 Å². The number of aromatic nitrogens is 2. The van der Waals surface area contributed by atoms with Crippen molar-refractivity contribution in [3.63, 3.8) is 0 Å². The van der Waals surface area contributed by atoms with E-state index in [2.05, 4.69) is 15.0 Å². The standard InChI is InChI=1S/C16H17F3N4O4/c1-2-7-20-15(26)22-12(24)9-27-13(25)8-23-11-6-4-3-5-10(11)21-14(23)16(17,18)19/h3-6H,2,7-9H2,1H3,(H2,20,22,24,26). The summed E-state index contributed by atoms with van der Waals surface area (Å²) in [5.41, 5.74) is 0.174. The number of carbonyl (C=O) groups excluding carboxylic acids is 3. The molecule has 11 heteroatoms. The number of amides is 3. The average Bonchev–Trinajstić information content (AvgIpc) is 2.97. The van der Waals surface area contributed by atoms with Gasteiger partial charge in [0.05, 0.1) is 11.0 Å². The summed E-state index contributed by atoms with van der Waals surface area (Å²) in [6.07, 6.45) is -4.11. The number of imidazole rings is 1. The second kappa shape index (κ2) is 8.52. The highest BCUT2D eigenvalue weighted by Crippen LogP contribution is 2.31. The van der Waals surface area contributed by atoms with Gasteiger partial charge in [-0.3, -0.25) is 14.9 Å². The number of rotatable bonds is 6. The van der Waals surface area contributed by atoms with Gasteiger partial charge < -0.3 is 14.6 Å². The number of alkyl halides is 3. The Bertz CT molecular complexity index is 848. The van der Waals surface area contributed by atoms with Crippen LogP contribution in [0, 0.1) is 0 Å². The Balaban J connectivity index is 2.02.